The molecular weight excluding hydrogens is 422 g/mol. The van der Waals surface area contributed by atoms with Crippen molar-refractivity contribution in [3.05, 3.63) is 86.9 Å². The largest absolute Gasteiger partial charge is 0.454 e. The highest BCUT2D eigenvalue weighted by atomic mass is 35.5. The van der Waals surface area contributed by atoms with Crippen molar-refractivity contribution in [2.75, 3.05) is 16.8 Å². The van der Waals surface area contributed by atoms with E-state index >= 15 is 0 Å². The normalized spacial score (nSPS) is 12.3. The van der Waals surface area contributed by atoms with Crippen LogP contribution in [0.15, 0.2) is 60.7 Å². The summed E-state index contributed by atoms with van der Waals surface area (Å²) in [7, 11) is 0. The van der Waals surface area contributed by atoms with E-state index < -0.39 is 10.8 Å². The molecule has 8 nitrogen and oxygen atoms in total. The maximum Gasteiger partial charge on any atom is 0.282 e. The van der Waals surface area contributed by atoms with Crippen LogP contribution >= 0.6 is 11.6 Å². The average molecular weight is 438 g/mol. The Hall–Kier alpha value is -3.91. The first-order valence-electron chi connectivity index (χ1n) is 9.37. The molecule has 1 aliphatic heterocycles. The third-order valence-electron chi connectivity index (χ3n) is 4.81. The number of halogens is 1. The maximum absolute atomic E-state index is 13.2. The lowest BCUT2D eigenvalue weighted by Crippen LogP contribution is -2.29. The molecule has 1 N–H and O–H groups in total. The van der Waals surface area contributed by atoms with E-state index in [0.717, 1.165) is 0 Å². The molecule has 2 amide bonds. The molecule has 4 rings (SSSR count). The molecule has 3 aromatic rings. The number of hydrogen-bond acceptors (Lipinski definition) is 5. The molecule has 1 aliphatic rings. The quantitative estimate of drug-likeness (QED) is 0.442. The number of nitrogens with one attached hydrogen (secondary N) is 1. The molecule has 0 saturated carbocycles. The first-order valence-corrected chi connectivity index (χ1v) is 9.75. The molecule has 0 fully saturated rings. The highest BCUT2D eigenvalue weighted by molar-refractivity contribution is 6.31. The van der Waals surface area contributed by atoms with Crippen molar-refractivity contribution >= 4 is 40.5 Å². The average Bonchev–Trinajstić information content (AvgIpc) is 2.87. The molecule has 0 aromatic heterocycles. The molecule has 0 aliphatic carbocycles. The Labute approximate surface area is 182 Å². The van der Waals surface area contributed by atoms with Crippen LogP contribution in [0.5, 0.6) is 11.5 Å². The van der Waals surface area contributed by atoms with E-state index in [1.807, 2.05) is 19.1 Å². The molecule has 0 spiro atoms. The lowest BCUT2D eigenvalue weighted by Gasteiger charge is -2.19. The number of ether oxygens (including phenoxy) is 1. The summed E-state index contributed by atoms with van der Waals surface area (Å²) in [6.07, 6.45) is 0. The molecule has 0 saturated heterocycles. The Morgan fingerprint density at radius 2 is 1.90 bits per heavy atom. The summed E-state index contributed by atoms with van der Waals surface area (Å²) in [5.74, 6) is -0.109. The highest BCUT2D eigenvalue weighted by Gasteiger charge is 2.28. The van der Waals surface area contributed by atoms with Crippen LogP contribution in [-0.2, 0) is 0 Å². The number of amides is 2. The molecule has 0 radical (unpaired) electrons. The third-order valence-corrected chi connectivity index (χ3v) is 5.04. The lowest BCUT2D eigenvalue weighted by atomic mass is 10.1. The second-order valence-corrected chi connectivity index (χ2v) is 7.14. The Morgan fingerprint density at radius 1 is 1.13 bits per heavy atom. The van der Waals surface area contributed by atoms with Gasteiger partial charge in [0, 0.05) is 23.3 Å². The van der Waals surface area contributed by atoms with Crippen LogP contribution in [-0.4, -0.2) is 23.3 Å². The summed E-state index contributed by atoms with van der Waals surface area (Å²) >= 11 is 5.91. The standard InChI is InChI=1S/C22H16ClN3O5/c1-2-25-18-5-3-4-6-20(18)31-19-10-8-14(12-16(19)22(25)28)24-21(27)15-11-13(23)7-9-17(15)26(29)30/h3-12H,2H2,1H3,(H,24,27). The second-order valence-electron chi connectivity index (χ2n) is 6.70. The predicted molar refractivity (Wildman–Crippen MR) is 116 cm³/mol. The van der Waals surface area contributed by atoms with E-state index in [0.29, 0.717) is 23.7 Å². The van der Waals surface area contributed by atoms with Crippen LogP contribution in [0.2, 0.25) is 5.02 Å². The fraction of sp³-hybridized carbons (Fsp3) is 0.0909. The molecule has 156 valence electrons. The number of carbonyl (C=O) groups is 2. The van der Waals surface area contributed by atoms with Crippen molar-refractivity contribution in [2.45, 2.75) is 6.92 Å². The van der Waals surface area contributed by atoms with Crippen LogP contribution in [0, 0.1) is 10.1 Å². The fourth-order valence-corrected chi connectivity index (χ4v) is 3.54. The summed E-state index contributed by atoms with van der Waals surface area (Å²) in [6.45, 7) is 2.27. The van der Waals surface area contributed by atoms with Gasteiger partial charge in [-0.1, -0.05) is 23.7 Å². The van der Waals surface area contributed by atoms with Crippen molar-refractivity contribution in [3.8, 4) is 11.5 Å². The van der Waals surface area contributed by atoms with Gasteiger partial charge < -0.3 is 15.0 Å². The molecule has 0 bridgehead atoms. The number of fused-ring (bicyclic) bond motifs is 2. The van der Waals surface area contributed by atoms with Gasteiger partial charge in [0.1, 0.15) is 11.3 Å². The van der Waals surface area contributed by atoms with E-state index in [1.54, 1.807) is 29.2 Å². The first kappa shape index (κ1) is 20.4. The monoisotopic (exact) mass is 437 g/mol. The van der Waals surface area contributed by atoms with Crippen molar-refractivity contribution in [3.63, 3.8) is 0 Å². The minimum atomic E-state index is -0.716. The first-order chi connectivity index (χ1) is 14.9. The zero-order valence-corrected chi connectivity index (χ0v) is 17.1. The van der Waals surface area contributed by atoms with Crippen LogP contribution in [0.1, 0.15) is 27.6 Å². The number of carbonyl (C=O) groups excluding carboxylic acids is 2. The fourth-order valence-electron chi connectivity index (χ4n) is 3.37. The molecule has 1 heterocycles. The van der Waals surface area contributed by atoms with Gasteiger partial charge in [-0.3, -0.25) is 19.7 Å². The summed E-state index contributed by atoms with van der Waals surface area (Å²) in [5, 5.41) is 14.0. The van der Waals surface area contributed by atoms with E-state index in [-0.39, 0.29) is 33.4 Å². The Balaban J connectivity index is 1.69. The zero-order valence-electron chi connectivity index (χ0n) is 16.3. The van der Waals surface area contributed by atoms with E-state index in [9.17, 15) is 19.7 Å². The maximum atomic E-state index is 13.2. The summed E-state index contributed by atoms with van der Waals surface area (Å²) in [5.41, 5.74) is 0.640. The van der Waals surface area contributed by atoms with Gasteiger partial charge in [0.2, 0.25) is 0 Å². The number of nitrogens with zero attached hydrogens (tertiary/aromatic N) is 2. The van der Waals surface area contributed by atoms with Gasteiger partial charge in [-0.25, -0.2) is 0 Å². The minimum absolute atomic E-state index is 0.183. The van der Waals surface area contributed by atoms with Gasteiger partial charge in [-0.05, 0) is 49.4 Å². The molecule has 3 aromatic carbocycles. The molecule has 0 unspecified atom stereocenters. The van der Waals surface area contributed by atoms with Crippen LogP contribution in [0.3, 0.4) is 0 Å². The SMILES string of the molecule is CCN1C(=O)c2cc(NC(=O)c3cc(Cl)ccc3[N+](=O)[O-])ccc2Oc2ccccc21. The van der Waals surface area contributed by atoms with Gasteiger partial charge in [0.15, 0.2) is 5.75 Å². The number of rotatable bonds is 4. The molecule has 31 heavy (non-hydrogen) atoms. The van der Waals surface area contributed by atoms with Crippen molar-refractivity contribution < 1.29 is 19.2 Å². The Bertz CT molecular complexity index is 1230. The van der Waals surface area contributed by atoms with Crippen molar-refractivity contribution in [1.29, 1.82) is 0 Å². The molecule has 0 atom stereocenters. The van der Waals surface area contributed by atoms with Gasteiger partial charge >= 0.3 is 0 Å². The van der Waals surface area contributed by atoms with E-state index in [2.05, 4.69) is 5.32 Å². The van der Waals surface area contributed by atoms with Crippen molar-refractivity contribution in [2.24, 2.45) is 0 Å². The Kier molecular flexibility index (Phi) is 5.31. The lowest BCUT2D eigenvalue weighted by molar-refractivity contribution is -0.385. The van der Waals surface area contributed by atoms with Gasteiger partial charge in [0.05, 0.1) is 16.2 Å². The highest BCUT2D eigenvalue weighted by Crippen LogP contribution is 2.39. The van der Waals surface area contributed by atoms with Gasteiger partial charge in [0.25, 0.3) is 17.5 Å². The molecular formula is C22H16ClN3O5. The zero-order chi connectivity index (χ0) is 22.1. The van der Waals surface area contributed by atoms with E-state index in [1.165, 1.54) is 24.3 Å². The second kappa shape index (κ2) is 8.08. The Morgan fingerprint density at radius 3 is 2.65 bits per heavy atom. The topological polar surface area (TPSA) is 102 Å². The van der Waals surface area contributed by atoms with Crippen LogP contribution < -0.4 is 15.0 Å². The number of hydrogen-bond donors (Lipinski definition) is 1. The summed E-state index contributed by atoms with van der Waals surface area (Å²) in [6, 6.07) is 15.6. The van der Waals surface area contributed by atoms with Gasteiger partial charge in [-0.15, -0.1) is 0 Å². The van der Waals surface area contributed by atoms with Crippen LogP contribution in [0.4, 0.5) is 17.1 Å². The minimum Gasteiger partial charge on any atom is -0.454 e. The summed E-state index contributed by atoms with van der Waals surface area (Å²) in [4.78, 5) is 38.0. The van der Waals surface area contributed by atoms with Crippen LogP contribution in [0.25, 0.3) is 0 Å². The summed E-state index contributed by atoms with van der Waals surface area (Å²) < 4.78 is 5.93. The third kappa shape index (κ3) is 3.80. The predicted octanol–water partition coefficient (Wildman–Crippen LogP) is 5.27. The number of benzene rings is 3. The number of anilines is 2. The smallest absolute Gasteiger partial charge is 0.282 e. The number of para-hydroxylation sites is 2. The van der Waals surface area contributed by atoms with Crippen molar-refractivity contribution in [1.82, 2.24) is 0 Å². The van der Waals surface area contributed by atoms with Gasteiger partial charge in [-0.2, -0.15) is 0 Å². The van der Waals surface area contributed by atoms with E-state index in [4.69, 9.17) is 16.3 Å². The number of nitro groups is 1. The molecule has 9 heteroatoms. The number of nitro benzene ring substituents is 1.